The van der Waals surface area contributed by atoms with Crippen molar-refractivity contribution in [2.45, 2.75) is 26.3 Å². The van der Waals surface area contributed by atoms with Crippen LogP contribution in [-0.4, -0.2) is 26.9 Å². The molecule has 0 N–H and O–H groups in total. The van der Waals surface area contributed by atoms with E-state index < -0.39 is 17.7 Å². The summed E-state index contributed by atoms with van der Waals surface area (Å²) in [6.07, 6.45) is 0.631. The lowest BCUT2D eigenvalue weighted by Crippen LogP contribution is -2.38. The van der Waals surface area contributed by atoms with Crippen LogP contribution in [0.15, 0.2) is 71.5 Å². The minimum absolute atomic E-state index is 0.141. The fourth-order valence-corrected chi connectivity index (χ4v) is 4.12. The monoisotopic (exact) mass is 481 g/mol. The number of amides is 1. The fraction of sp³-hybridized carbons (Fsp3) is 0.192. The Morgan fingerprint density at radius 2 is 1.85 bits per heavy atom. The van der Waals surface area contributed by atoms with Gasteiger partial charge in [-0.2, -0.15) is 0 Å². The van der Waals surface area contributed by atoms with Crippen molar-refractivity contribution < 1.29 is 13.6 Å². The molecule has 0 spiro atoms. The number of benzene rings is 3. The number of hydrogen-bond acceptors (Lipinski definition) is 3. The average Bonchev–Trinajstić information content (AvgIpc) is 2.83. The Morgan fingerprint density at radius 1 is 1.09 bits per heavy atom. The van der Waals surface area contributed by atoms with Crippen molar-refractivity contribution in [1.82, 2.24) is 14.5 Å². The molecule has 3 aromatic carbocycles. The van der Waals surface area contributed by atoms with Gasteiger partial charge in [-0.3, -0.25) is 14.2 Å². The summed E-state index contributed by atoms with van der Waals surface area (Å²) in [4.78, 5) is 33.2. The van der Waals surface area contributed by atoms with E-state index in [2.05, 4.69) is 0 Å². The van der Waals surface area contributed by atoms with Gasteiger partial charge >= 0.3 is 0 Å². The van der Waals surface area contributed by atoms with Crippen molar-refractivity contribution in [2.24, 2.45) is 0 Å². The smallest absolute Gasteiger partial charge is 0.266 e. The van der Waals surface area contributed by atoms with Crippen molar-refractivity contribution in [3.05, 3.63) is 105 Å². The minimum Gasteiger partial charge on any atom is -0.329 e. The molecule has 0 saturated heterocycles. The maximum Gasteiger partial charge on any atom is 0.266 e. The first-order valence-electron chi connectivity index (χ1n) is 10.9. The summed E-state index contributed by atoms with van der Waals surface area (Å²) < 4.78 is 29.0. The summed E-state index contributed by atoms with van der Waals surface area (Å²) in [5, 5.41) is 0.231. The Hall–Kier alpha value is -3.58. The number of rotatable bonds is 6. The van der Waals surface area contributed by atoms with Gasteiger partial charge in [-0.05, 0) is 61.9 Å². The maximum absolute atomic E-state index is 13.9. The third-order valence-electron chi connectivity index (χ3n) is 5.60. The summed E-state index contributed by atoms with van der Waals surface area (Å²) in [7, 11) is 0. The molecular formula is C26H22ClF2N3O2. The van der Waals surface area contributed by atoms with Gasteiger partial charge in [0.05, 0.1) is 27.7 Å². The molecule has 0 saturated carbocycles. The fourth-order valence-electron chi connectivity index (χ4n) is 3.94. The second kappa shape index (κ2) is 9.73. The number of nitrogens with zero attached hydrogens (tertiary/aromatic N) is 3. The van der Waals surface area contributed by atoms with Gasteiger partial charge < -0.3 is 4.90 Å². The van der Waals surface area contributed by atoms with Crippen molar-refractivity contribution >= 4 is 28.4 Å². The predicted octanol–water partition coefficient (Wildman–Crippen LogP) is 5.93. The van der Waals surface area contributed by atoms with Crippen molar-refractivity contribution in [3.8, 4) is 5.69 Å². The van der Waals surface area contributed by atoms with Crippen molar-refractivity contribution in [1.29, 1.82) is 0 Å². The summed E-state index contributed by atoms with van der Waals surface area (Å²) >= 11 is 6.01. The van der Waals surface area contributed by atoms with E-state index in [0.29, 0.717) is 29.6 Å². The highest BCUT2D eigenvalue weighted by Crippen LogP contribution is 2.26. The Balaban J connectivity index is 1.92. The predicted molar refractivity (Wildman–Crippen MR) is 128 cm³/mol. The number of halogens is 3. The molecule has 5 nitrogen and oxygen atoms in total. The molecule has 1 amide bonds. The molecule has 1 aromatic heterocycles. The second-order valence-electron chi connectivity index (χ2n) is 7.91. The Kier molecular flexibility index (Phi) is 6.75. The molecule has 1 atom stereocenters. The molecule has 4 rings (SSSR count). The van der Waals surface area contributed by atoms with E-state index >= 15 is 0 Å². The SMILES string of the molecule is CCCN(C(=O)c1cccc(F)c1)C(C)c1nc2ccccc2c(=O)n1-c1ccc(F)c(Cl)c1. The molecule has 0 bridgehead atoms. The molecule has 34 heavy (non-hydrogen) atoms. The Morgan fingerprint density at radius 3 is 2.56 bits per heavy atom. The molecule has 1 heterocycles. The highest BCUT2D eigenvalue weighted by Gasteiger charge is 2.27. The molecule has 1 unspecified atom stereocenters. The van der Waals surface area contributed by atoms with Gasteiger partial charge in [0.15, 0.2) is 0 Å². The highest BCUT2D eigenvalue weighted by atomic mass is 35.5. The van der Waals surface area contributed by atoms with Gasteiger partial charge in [-0.1, -0.05) is 36.7 Å². The van der Waals surface area contributed by atoms with E-state index in [0.717, 1.165) is 0 Å². The first-order chi connectivity index (χ1) is 16.3. The zero-order valence-corrected chi connectivity index (χ0v) is 19.4. The average molecular weight is 482 g/mol. The summed E-state index contributed by atoms with van der Waals surface area (Å²) in [6, 6.07) is 15.6. The molecular weight excluding hydrogens is 460 g/mol. The highest BCUT2D eigenvalue weighted by molar-refractivity contribution is 6.30. The van der Waals surface area contributed by atoms with Crippen LogP contribution < -0.4 is 5.56 Å². The molecule has 0 fully saturated rings. The van der Waals surface area contributed by atoms with E-state index in [-0.39, 0.29) is 27.9 Å². The standard InChI is InChI=1S/C26H22ClF2N3O2/c1-3-13-31(25(33)17-7-6-8-18(28)14-17)16(2)24-30-23-10-5-4-9-20(23)26(34)32(24)19-11-12-22(29)21(27)15-19/h4-12,14-16H,3,13H2,1-2H3. The third kappa shape index (κ3) is 4.43. The van der Waals surface area contributed by atoms with Crippen LogP contribution in [0.4, 0.5) is 8.78 Å². The Bertz CT molecular complexity index is 1440. The normalized spacial score (nSPS) is 12.0. The largest absolute Gasteiger partial charge is 0.329 e. The summed E-state index contributed by atoms with van der Waals surface area (Å²) in [6.45, 7) is 4.02. The number of hydrogen-bond donors (Lipinski definition) is 0. The van der Waals surface area contributed by atoms with Gasteiger partial charge in [-0.25, -0.2) is 13.8 Å². The van der Waals surface area contributed by atoms with Gasteiger partial charge in [0, 0.05) is 12.1 Å². The summed E-state index contributed by atoms with van der Waals surface area (Å²) in [5.41, 5.74) is 0.615. The number of carbonyl (C=O) groups excluding carboxylic acids is 1. The molecule has 4 aromatic rings. The minimum atomic E-state index is -0.670. The summed E-state index contributed by atoms with van der Waals surface area (Å²) in [5.74, 6) is -1.24. The van der Waals surface area contributed by atoms with E-state index in [1.54, 1.807) is 42.2 Å². The number of carbonyl (C=O) groups is 1. The van der Waals surface area contributed by atoms with Crippen LogP contribution in [0.2, 0.25) is 5.02 Å². The first-order valence-corrected chi connectivity index (χ1v) is 11.2. The van der Waals surface area contributed by atoms with E-state index in [1.165, 1.54) is 41.0 Å². The second-order valence-corrected chi connectivity index (χ2v) is 8.32. The molecule has 0 aliphatic heterocycles. The van der Waals surface area contributed by atoms with E-state index in [4.69, 9.17) is 16.6 Å². The molecule has 0 aliphatic rings. The van der Waals surface area contributed by atoms with Crippen LogP contribution in [0.3, 0.4) is 0 Å². The quantitative estimate of drug-likeness (QED) is 0.343. The van der Waals surface area contributed by atoms with Crippen LogP contribution in [0.5, 0.6) is 0 Å². The van der Waals surface area contributed by atoms with Crippen LogP contribution in [0, 0.1) is 11.6 Å². The van der Waals surface area contributed by atoms with Gasteiger partial charge in [0.25, 0.3) is 11.5 Å². The zero-order valence-electron chi connectivity index (χ0n) is 18.6. The molecule has 174 valence electrons. The third-order valence-corrected chi connectivity index (χ3v) is 5.89. The lowest BCUT2D eigenvalue weighted by molar-refractivity contribution is 0.0680. The van der Waals surface area contributed by atoms with Crippen molar-refractivity contribution in [2.75, 3.05) is 6.54 Å². The molecule has 0 radical (unpaired) electrons. The van der Waals surface area contributed by atoms with Crippen molar-refractivity contribution in [3.63, 3.8) is 0 Å². The number of fused-ring (bicyclic) bond motifs is 1. The Labute approximate surface area is 200 Å². The van der Waals surface area contributed by atoms with Crippen LogP contribution in [-0.2, 0) is 0 Å². The van der Waals surface area contributed by atoms with Crippen LogP contribution in [0.25, 0.3) is 16.6 Å². The van der Waals surface area contributed by atoms with Gasteiger partial charge in [-0.15, -0.1) is 0 Å². The number of aromatic nitrogens is 2. The maximum atomic E-state index is 13.9. The molecule has 0 aliphatic carbocycles. The van der Waals surface area contributed by atoms with Gasteiger partial charge in [0.1, 0.15) is 17.5 Å². The zero-order chi connectivity index (χ0) is 24.4. The van der Waals surface area contributed by atoms with Crippen LogP contribution in [0.1, 0.15) is 42.5 Å². The van der Waals surface area contributed by atoms with Crippen LogP contribution >= 0.6 is 11.6 Å². The topological polar surface area (TPSA) is 55.2 Å². The van der Waals surface area contributed by atoms with E-state index in [1.807, 2.05) is 6.92 Å². The first kappa shape index (κ1) is 23.6. The molecule has 8 heteroatoms. The van der Waals surface area contributed by atoms with E-state index in [9.17, 15) is 18.4 Å². The lowest BCUT2D eigenvalue weighted by atomic mass is 10.1. The number of para-hydroxylation sites is 1. The van der Waals surface area contributed by atoms with Gasteiger partial charge in [0.2, 0.25) is 0 Å². The lowest BCUT2D eigenvalue weighted by Gasteiger charge is -2.30.